The number of carbonyl (C=O) groups excluding carboxylic acids is 1. The van der Waals surface area contributed by atoms with Crippen LogP contribution in [-0.4, -0.2) is 32.8 Å². The molecule has 0 aliphatic carbocycles. The Hall–Kier alpha value is -1.75. The minimum absolute atomic E-state index is 0.0672. The Morgan fingerprint density at radius 1 is 1.42 bits per heavy atom. The maximum Gasteiger partial charge on any atom is 0.249 e. The number of methoxy groups -OCH3 is 2. The van der Waals surface area contributed by atoms with E-state index in [0.29, 0.717) is 13.2 Å². The second-order valence-corrected chi connectivity index (χ2v) is 4.40. The third kappa shape index (κ3) is 3.38. The fourth-order valence-corrected chi connectivity index (χ4v) is 2.10. The van der Waals surface area contributed by atoms with E-state index in [4.69, 9.17) is 14.2 Å². The first kappa shape index (κ1) is 13.7. The van der Waals surface area contributed by atoms with Crippen LogP contribution in [0.1, 0.15) is 18.4 Å². The lowest BCUT2D eigenvalue weighted by Crippen LogP contribution is -2.33. The van der Waals surface area contributed by atoms with E-state index in [-0.39, 0.29) is 12.0 Å². The first-order chi connectivity index (χ1) is 9.24. The molecule has 1 saturated heterocycles. The average Bonchev–Trinajstić information content (AvgIpc) is 2.98. The number of ether oxygens (including phenoxy) is 3. The molecular weight excluding hydrogens is 246 g/mol. The summed E-state index contributed by atoms with van der Waals surface area (Å²) in [6, 6.07) is 5.51. The van der Waals surface area contributed by atoms with Crippen LogP contribution in [0.4, 0.5) is 0 Å². The van der Waals surface area contributed by atoms with Gasteiger partial charge < -0.3 is 19.5 Å². The predicted octanol–water partition coefficient (Wildman–Crippen LogP) is 1.50. The van der Waals surface area contributed by atoms with Gasteiger partial charge in [-0.3, -0.25) is 4.79 Å². The van der Waals surface area contributed by atoms with Gasteiger partial charge in [-0.2, -0.15) is 0 Å². The molecule has 1 aliphatic heterocycles. The van der Waals surface area contributed by atoms with Crippen molar-refractivity contribution in [3.8, 4) is 11.5 Å². The number of hydrogen-bond donors (Lipinski definition) is 1. The molecule has 5 nitrogen and oxygen atoms in total. The third-order valence-electron chi connectivity index (χ3n) is 3.16. The normalized spacial score (nSPS) is 18.1. The van der Waals surface area contributed by atoms with E-state index in [1.54, 1.807) is 14.2 Å². The van der Waals surface area contributed by atoms with Crippen LogP contribution in [0.25, 0.3) is 0 Å². The van der Waals surface area contributed by atoms with Crippen LogP contribution < -0.4 is 14.8 Å². The summed E-state index contributed by atoms with van der Waals surface area (Å²) >= 11 is 0. The van der Waals surface area contributed by atoms with E-state index in [1.807, 2.05) is 18.2 Å². The van der Waals surface area contributed by atoms with Crippen LogP contribution >= 0.6 is 0 Å². The molecule has 1 heterocycles. The van der Waals surface area contributed by atoms with Crippen LogP contribution in [0, 0.1) is 0 Å². The summed E-state index contributed by atoms with van der Waals surface area (Å²) in [5.74, 6) is 1.40. The van der Waals surface area contributed by atoms with Gasteiger partial charge in [0.1, 0.15) is 17.6 Å². The first-order valence-corrected chi connectivity index (χ1v) is 6.35. The maximum atomic E-state index is 11.9. The number of hydrogen-bond acceptors (Lipinski definition) is 4. The van der Waals surface area contributed by atoms with Crippen LogP contribution in [0.2, 0.25) is 0 Å². The molecule has 0 radical (unpaired) electrons. The Kier molecular flexibility index (Phi) is 4.63. The van der Waals surface area contributed by atoms with E-state index < -0.39 is 0 Å². The average molecular weight is 265 g/mol. The summed E-state index contributed by atoms with van der Waals surface area (Å²) in [7, 11) is 3.21. The zero-order valence-corrected chi connectivity index (χ0v) is 11.3. The molecule has 19 heavy (non-hydrogen) atoms. The zero-order chi connectivity index (χ0) is 13.7. The third-order valence-corrected chi connectivity index (χ3v) is 3.16. The van der Waals surface area contributed by atoms with Gasteiger partial charge in [0.05, 0.1) is 14.2 Å². The zero-order valence-electron chi connectivity index (χ0n) is 11.3. The van der Waals surface area contributed by atoms with E-state index in [9.17, 15) is 4.79 Å². The number of carbonyl (C=O) groups is 1. The summed E-state index contributed by atoms with van der Waals surface area (Å²) in [5.41, 5.74) is 0.883. The molecule has 0 bridgehead atoms. The topological polar surface area (TPSA) is 56.8 Å². The highest BCUT2D eigenvalue weighted by molar-refractivity contribution is 5.81. The quantitative estimate of drug-likeness (QED) is 0.876. The Morgan fingerprint density at radius 3 is 2.89 bits per heavy atom. The molecule has 0 saturated carbocycles. The minimum atomic E-state index is -0.309. The Labute approximate surface area is 112 Å². The van der Waals surface area contributed by atoms with Gasteiger partial charge in [-0.15, -0.1) is 0 Å². The maximum absolute atomic E-state index is 11.9. The highest BCUT2D eigenvalue weighted by Gasteiger charge is 2.23. The summed E-state index contributed by atoms with van der Waals surface area (Å²) in [4.78, 5) is 11.9. The molecule has 1 aromatic rings. The van der Waals surface area contributed by atoms with Crippen molar-refractivity contribution in [2.75, 3.05) is 20.8 Å². The molecule has 1 amide bonds. The van der Waals surface area contributed by atoms with Gasteiger partial charge in [0.25, 0.3) is 0 Å². The van der Waals surface area contributed by atoms with E-state index in [0.717, 1.165) is 29.9 Å². The van der Waals surface area contributed by atoms with Gasteiger partial charge in [-0.25, -0.2) is 0 Å². The lowest BCUT2D eigenvalue weighted by Gasteiger charge is -2.13. The van der Waals surface area contributed by atoms with E-state index >= 15 is 0 Å². The molecule has 0 unspecified atom stereocenters. The van der Waals surface area contributed by atoms with Crippen LogP contribution in [0.3, 0.4) is 0 Å². The van der Waals surface area contributed by atoms with Gasteiger partial charge >= 0.3 is 0 Å². The SMILES string of the molecule is COc1ccc(OC)c(CNC(=O)[C@@H]2CCCO2)c1. The number of amides is 1. The predicted molar refractivity (Wildman–Crippen MR) is 70.4 cm³/mol. The molecule has 0 aromatic heterocycles. The molecule has 5 heteroatoms. The standard InChI is InChI=1S/C14H19NO4/c1-17-11-5-6-12(18-2)10(8-11)9-15-14(16)13-4-3-7-19-13/h5-6,8,13H,3-4,7,9H2,1-2H3,(H,15,16)/t13-/m0/s1. The summed E-state index contributed by atoms with van der Waals surface area (Å²) in [6.07, 6.45) is 1.43. The minimum Gasteiger partial charge on any atom is -0.497 e. The smallest absolute Gasteiger partial charge is 0.249 e. The van der Waals surface area contributed by atoms with Gasteiger partial charge in [0.15, 0.2) is 0 Å². The number of benzene rings is 1. The first-order valence-electron chi connectivity index (χ1n) is 6.35. The van der Waals surface area contributed by atoms with Crippen molar-refractivity contribution >= 4 is 5.91 Å². The fourth-order valence-electron chi connectivity index (χ4n) is 2.10. The number of rotatable bonds is 5. The molecule has 1 fully saturated rings. The van der Waals surface area contributed by atoms with Crippen molar-refractivity contribution in [2.45, 2.75) is 25.5 Å². The van der Waals surface area contributed by atoms with Crippen molar-refractivity contribution < 1.29 is 19.0 Å². The van der Waals surface area contributed by atoms with Crippen molar-refractivity contribution in [3.63, 3.8) is 0 Å². The lowest BCUT2D eigenvalue weighted by molar-refractivity contribution is -0.130. The summed E-state index contributed by atoms with van der Waals surface area (Å²) < 4.78 is 15.8. The Bertz CT molecular complexity index is 441. The second kappa shape index (κ2) is 6.43. The largest absolute Gasteiger partial charge is 0.497 e. The van der Waals surface area contributed by atoms with Crippen molar-refractivity contribution in [2.24, 2.45) is 0 Å². The monoisotopic (exact) mass is 265 g/mol. The molecule has 0 spiro atoms. The highest BCUT2D eigenvalue weighted by Crippen LogP contribution is 2.24. The molecule has 1 aromatic carbocycles. The molecule has 2 rings (SSSR count). The van der Waals surface area contributed by atoms with Crippen molar-refractivity contribution in [3.05, 3.63) is 23.8 Å². The Balaban J connectivity index is 1.99. The Morgan fingerprint density at radius 2 is 2.26 bits per heavy atom. The van der Waals surface area contributed by atoms with Crippen LogP contribution in [0.15, 0.2) is 18.2 Å². The molecule has 1 atom stereocenters. The molecule has 1 N–H and O–H groups in total. The van der Waals surface area contributed by atoms with Crippen LogP contribution in [-0.2, 0) is 16.1 Å². The van der Waals surface area contributed by atoms with Gasteiger partial charge in [-0.05, 0) is 31.0 Å². The molecular formula is C14H19NO4. The van der Waals surface area contributed by atoms with Gasteiger partial charge in [-0.1, -0.05) is 0 Å². The van der Waals surface area contributed by atoms with E-state index in [1.165, 1.54) is 0 Å². The van der Waals surface area contributed by atoms with Crippen molar-refractivity contribution in [1.29, 1.82) is 0 Å². The second-order valence-electron chi connectivity index (χ2n) is 4.40. The lowest BCUT2D eigenvalue weighted by atomic mass is 10.1. The van der Waals surface area contributed by atoms with Crippen molar-refractivity contribution in [1.82, 2.24) is 5.32 Å². The summed E-state index contributed by atoms with van der Waals surface area (Å²) in [5, 5.41) is 2.87. The number of nitrogens with one attached hydrogen (secondary N) is 1. The highest BCUT2D eigenvalue weighted by atomic mass is 16.5. The van der Waals surface area contributed by atoms with Crippen LogP contribution in [0.5, 0.6) is 11.5 Å². The fraction of sp³-hybridized carbons (Fsp3) is 0.500. The molecule has 1 aliphatic rings. The molecule has 104 valence electrons. The van der Waals surface area contributed by atoms with Gasteiger partial charge in [0, 0.05) is 18.7 Å². The summed E-state index contributed by atoms with van der Waals surface area (Å²) in [6.45, 7) is 1.07. The van der Waals surface area contributed by atoms with E-state index in [2.05, 4.69) is 5.32 Å². The van der Waals surface area contributed by atoms with Gasteiger partial charge in [0.2, 0.25) is 5.91 Å².